The maximum absolute atomic E-state index is 12.4. The normalized spacial score (nSPS) is 17.9. The fourth-order valence-corrected chi connectivity index (χ4v) is 2.80. The van der Waals surface area contributed by atoms with Gasteiger partial charge in [0.2, 0.25) is 5.69 Å². The summed E-state index contributed by atoms with van der Waals surface area (Å²) in [6.45, 7) is 17.4. The van der Waals surface area contributed by atoms with Crippen molar-refractivity contribution < 1.29 is 4.74 Å². The van der Waals surface area contributed by atoms with E-state index in [0.717, 1.165) is 21.6 Å². The van der Waals surface area contributed by atoms with Gasteiger partial charge in [0, 0.05) is 11.1 Å². The molecule has 0 spiro atoms. The third-order valence-corrected chi connectivity index (χ3v) is 4.14. The summed E-state index contributed by atoms with van der Waals surface area (Å²) in [6.07, 6.45) is 1.79. The minimum absolute atomic E-state index is 0.0394. The van der Waals surface area contributed by atoms with Gasteiger partial charge in [0.25, 0.3) is 0 Å². The Morgan fingerprint density at radius 2 is 1.50 bits per heavy atom. The van der Waals surface area contributed by atoms with Crippen molar-refractivity contribution in [3.8, 4) is 0 Å². The zero-order chi connectivity index (χ0) is 15.5. The molecule has 1 aliphatic heterocycles. The molecule has 0 radical (unpaired) electrons. The number of fused-ring (bicyclic) bond motifs is 1. The third-order valence-electron chi connectivity index (χ3n) is 4.14. The standard InChI is InChI=1S/C18H27NO/c1-16(2,3)12-9-13(17(4,5)6)15-14(10-12)18(7,8)11-19(15)20/h9-11H,1-8H3. The van der Waals surface area contributed by atoms with E-state index in [1.165, 1.54) is 5.56 Å². The predicted octanol–water partition coefficient (Wildman–Crippen LogP) is 4.79. The SMILES string of the molecule is CC(C)(C)c1cc(C(C)(C)C)c2c(c1)C(C)(C)C=[N+]2[O-]. The highest BCUT2D eigenvalue weighted by atomic mass is 16.5. The molecule has 0 aliphatic carbocycles. The van der Waals surface area contributed by atoms with Crippen LogP contribution in [0.5, 0.6) is 0 Å². The lowest BCUT2D eigenvalue weighted by Crippen LogP contribution is -2.21. The van der Waals surface area contributed by atoms with E-state index >= 15 is 0 Å². The van der Waals surface area contributed by atoms with Crippen LogP contribution in [-0.2, 0) is 16.2 Å². The van der Waals surface area contributed by atoms with Gasteiger partial charge >= 0.3 is 0 Å². The summed E-state index contributed by atoms with van der Waals surface area (Å²) in [5, 5.41) is 12.4. The molecule has 2 heteroatoms. The number of nitrogens with zero attached hydrogens (tertiary/aromatic N) is 1. The van der Waals surface area contributed by atoms with Gasteiger partial charge in [0.1, 0.15) is 0 Å². The molecule has 0 atom stereocenters. The fourth-order valence-electron chi connectivity index (χ4n) is 2.80. The minimum atomic E-state index is -0.196. The third kappa shape index (κ3) is 2.36. The van der Waals surface area contributed by atoms with Crippen LogP contribution in [0.25, 0.3) is 0 Å². The number of benzene rings is 1. The quantitative estimate of drug-likeness (QED) is 0.493. The Kier molecular flexibility index (Phi) is 3.09. The van der Waals surface area contributed by atoms with Gasteiger partial charge in [-0.25, -0.2) is 0 Å². The molecule has 0 saturated carbocycles. The van der Waals surface area contributed by atoms with Gasteiger partial charge in [-0.3, -0.25) is 0 Å². The van der Waals surface area contributed by atoms with E-state index in [4.69, 9.17) is 0 Å². The van der Waals surface area contributed by atoms with Crippen molar-refractivity contribution in [2.75, 3.05) is 0 Å². The van der Waals surface area contributed by atoms with E-state index in [1.54, 1.807) is 6.21 Å². The first-order chi connectivity index (χ1) is 8.84. The van der Waals surface area contributed by atoms with E-state index < -0.39 is 0 Å². The maximum Gasteiger partial charge on any atom is 0.224 e. The summed E-state index contributed by atoms with van der Waals surface area (Å²) in [7, 11) is 0. The van der Waals surface area contributed by atoms with E-state index in [0.29, 0.717) is 0 Å². The second kappa shape index (κ2) is 4.09. The topological polar surface area (TPSA) is 26.1 Å². The molecule has 2 nitrogen and oxygen atoms in total. The predicted molar refractivity (Wildman–Crippen MR) is 86.2 cm³/mol. The van der Waals surface area contributed by atoms with E-state index in [1.807, 2.05) is 0 Å². The van der Waals surface area contributed by atoms with Gasteiger partial charge in [-0.05, 0) is 42.4 Å². The van der Waals surface area contributed by atoms with Crippen LogP contribution in [-0.4, -0.2) is 11.0 Å². The van der Waals surface area contributed by atoms with Gasteiger partial charge in [0.15, 0.2) is 6.21 Å². The van der Waals surface area contributed by atoms with Gasteiger partial charge in [-0.2, -0.15) is 4.74 Å². The number of rotatable bonds is 0. The molecule has 0 bridgehead atoms. The van der Waals surface area contributed by atoms with Gasteiger partial charge < -0.3 is 5.21 Å². The first-order valence-electron chi connectivity index (χ1n) is 7.36. The van der Waals surface area contributed by atoms with Crippen molar-refractivity contribution in [2.45, 2.75) is 71.6 Å². The monoisotopic (exact) mass is 273 g/mol. The molecule has 0 aromatic heterocycles. The Labute approximate surface area is 123 Å². The largest absolute Gasteiger partial charge is 0.618 e. The van der Waals surface area contributed by atoms with Crippen LogP contribution < -0.4 is 0 Å². The maximum atomic E-state index is 12.4. The molecule has 1 aromatic carbocycles. The van der Waals surface area contributed by atoms with E-state index in [2.05, 4.69) is 67.5 Å². The highest BCUT2D eigenvalue weighted by molar-refractivity contribution is 5.79. The van der Waals surface area contributed by atoms with Crippen molar-refractivity contribution in [3.05, 3.63) is 34.0 Å². The molecular formula is C18H27NO. The molecule has 0 amide bonds. The first-order valence-corrected chi connectivity index (χ1v) is 7.36. The highest BCUT2D eigenvalue weighted by Gasteiger charge is 2.40. The lowest BCUT2D eigenvalue weighted by Gasteiger charge is -2.27. The molecule has 1 aliphatic rings. The molecular weight excluding hydrogens is 246 g/mol. The summed E-state index contributed by atoms with van der Waals surface area (Å²) in [6, 6.07) is 4.44. The Hall–Kier alpha value is -1.31. The van der Waals surface area contributed by atoms with Crippen molar-refractivity contribution in [1.82, 2.24) is 0 Å². The Bertz CT molecular complexity index is 581. The lowest BCUT2D eigenvalue weighted by atomic mass is 9.75. The van der Waals surface area contributed by atoms with Crippen LogP contribution in [0.4, 0.5) is 5.69 Å². The zero-order valence-corrected chi connectivity index (χ0v) is 14.1. The van der Waals surface area contributed by atoms with Crippen molar-refractivity contribution in [3.63, 3.8) is 0 Å². The summed E-state index contributed by atoms with van der Waals surface area (Å²) in [4.78, 5) is 0. The molecule has 1 heterocycles. The van der Waals surface area contributed by atoms with Crippen molar-refractivity contribution in [2.24, 2.45) is 0 Å². The zero-order valence-electron chi connectivity index (χ0n) is 14.1. The van der Waals surface area contributed by atoms with Crippen LogP contribution in [0, 0.1) is 5.21 Å². The Balaban J connectivity index is 2.83. The van der Waals surface area contributed by atoms with Gasteiger partial charge in [-0.1, -0.05) is 41.5 Å². The average molecular weight is 273 g/mol. The smallest absolute Gasteiger partial charge is 0.224 e. The Morgan fingerprint density at radius 3 is 1.95 bits per heavy atom. The van der Waals surface area contributed by atoms with Crippen LogP contribution in [0.2, 0.25) is 0 Å². The Morgan fingerprint density at radius 1 is 0.950 bits per heavy atom. The number of hydrogen-bond acceptors (Lipinski definition) is 1. The highest BCUT2D eigenvalue weighted by Crippen LogP contribution is 2.44. The first kappa shape index (κ1) is 15.1. The minimum Gasteiger partial charge on any atom is -0.618 e. The second-order valence-corrected chi connectivity index (χ2v) is 8.60. The van der Waals surface area contributed by atoms with E-state index in [-0.39, 0.29) is 16.2 Å². The molecule has 0 saturated heterocycles. The summed E-state index contributed by atoms with van der Waals surface area (Å²) >= 11 is 0. The van der Waals surface area contributed by atoms with Crippen molar-refractivity contribution in [1.29, 1.82) is 0 Å². The summed E-state index contributed by atoms with van der Waals surface area (Å²) in [5.41, 5.74) is 4.32. The molecule has 0 unspecified atom stereocenters. The molecule has 20 heavy (non-hydrogen) atoms. The molecule has 110 valence electrons. The fraction of sp³-hybridized carbons (Fsp3) is 0.611. The van der Waals surface area contributed by atoms with Crippen LogP contribution in [0.15, 0.2) is 12.1 Å². The van der Waals surface area contributed by atoms with Crippen LogP contribution in [0.1, 0.15) is 72.1 Å². The second-order valence-electron chi connectivity index (χ2n) is 8.60. The van der Waals surface area contributed by atoms with E-state index in [9.17, 15) is 5.21 Å². The van der Waals surface area contributed by atoms with Gasteiger partial charge in [0.05, 0.1) is 5.41 Å². The molecule has 0 fully saturated rings. The molecule has 0 N–H and O–H groups in total. The van der Waals surface area contributed by atoms with Crippen LogP contribution >= 0.6 is 0 Å². The summed E-state index contributed by atoms with van der Waals surface area (Å²) in [5.74, 6) is 0. The summed E-state index contributed by atoms with van der Waals surface area (Å²) < 4.78 is 1.07. The van der Waals surface area contributed by atoms with Crippen molar-refractivity contribution >= 4 is 11.9 Å². The number of hydrogen-bond donors (Lipinski definition) is 0. The molecule has 2 rings (SSSR count). The average Bonchev–Trinajstić information content (AvgIpc) is 2.46. The lowest BCUT2D eigenvalue weighted by molar-refractivity contribution is -0.353. The molecule has 1 aromatic rings. The van der Waals surface area contributed by atoms with Gasteiger partial charge in [-0.15, -0.1) is 0 Å². The van der Waals surface area contributed by atoms with Crippen LogP contribution in [0.3, 0.4) is 0 Å².